The third-order valence-electron chi connectivity index (χ3n) is 4.08. The van der Waals surface area contributed by atoms with E-state index < -0.39 is 46.7 Å². The number of aromatic nitrogens is 2. The second-order valence-electron chi connectivity index (χ2n) is 6.39. The van der Waals surface area contributed by atoms with Gasteiger partial charge in [-0.3, -0.25) is 4.79 Å². The van der Waals surface area contributed by atoms with Gasteiger partial charge in [-0.15, -0.1) is 0 Å². The van der Waals surface area contributed by atoms with Gasteiger partial charge < -0.3 is 14.5 Å². The number of aromatic amines is 1. The first-order valence-corrected chi connectivity index (χ1v) is 9.21. The van der Waals surface area contributed by atoms with Gasteiger partial charge >= 0.3 is 17.8 Å². The summed E-state index contributed by atoms with van der Waals surface area (Å²) < 4.78 is 63.4. The SMILES string of the molecule is CC(Oc1cc(-n2c(=O)cc(C(F)(F)F)[nH]c2=O)c(F)cc1Cl)C(=O)Oc1ccccc1. The lowest BCUT2D eigenvalue weighted by Gasteiger charge is -2.16. The van der Waals surface area contributed by atoms with Crippen LogP contribution in [-0.4, -0.2) is 21.6 Å². The summed E-state index contributed by atoms with van der Waals surface area (Å²) in [4.78, 5) is 37.9. The first-order valence-electron chi connectivity index (χ1n) is 8.83. The fourth-order valence-corrected chi connectivity index (χ4v) is 2.78. The fraction of sp³-hybridized carbons (Fsp3) is 0.150. The summed E-state index contributed by atoms with van der Waals surface area (Å²) >= 11 is 5.92. The summed E-state index contributed by atoms with van der Waals surface area (Å²) in [7, 11) is 0. The molecule has 0 aliphatic heterocycles. The molecular weight excluding hydrogens is 460 g/mol. The van der Waals surface area contributed by atoms with E-state index in [0.717, 1.165) is 6.07 Å². The van der Waals surface area contributed by atoms with Crippen LogP contribution in [0.5, 0.6) is 11.5 Å². The van der Waals surface area contributed by atoms with Crippen LogP contribution >= 0.6 is 11.6 Å². The molecule has 1 atom stereocenters. The van der Waals surface area contributed by atoms with Gasteiger partial charge in [-0.25, -0.2) is 18.5 Å². The molecule has 0 aliphatic rings. The van der Waals surface area contributed by atoms with Crippen molar-refractivity contribution in [1.82, 2.24) is 9.55 Å². The third kappa shape index (κ3) is 4.99. The first kappa shape index (κ1) is 23.1. The predicted molar refractivity (Wildman–Crippen MR) is 105 cm³/mol. The molecule has 1 N–H and O–H groups in total. The maximum absolute atomic E-state index is 14.4. The molecule has 1 heterocycles. The van der Waals surface area contributed by atoms with E-state index in [-0.39, 0.29) is 27.2 Å². The Bertz CT molecular complexity index is 1240. The summed E-state index contributed by atoms with van der Waals surface area (Å²) in [6.07, 6.45) is -6.24. The number of H-pyrrole nitrogens is 1. The van der Waals surface area contributed by atoms with Crippen molar-refractivity contribution in [2.75, 3.05) is 0 Å². The zero-order chi connectivity index (χ0) is 23.6. The molecule has 12 heteroatoms. The molecule has 7 nitrogen and oxygen atoms in total. The molecule has 0 amide bonds. The van der Waals surface area contributed by atoms with Crippen LogP contribution in [0.1, 0.15) is 12.6 Å². The topological polar surface area (TPSA) is 90.4 Å². The largest absolute Gasteiger partial charge is 0.477 e. The van der Waals surface area contributed by atoms with Gasteiger partial charge in [0, 0.05) is 12.1 Å². The molecule has 1 aromatic heterocycles. The van der Waals surface area contributed by atoms with Gasteiger partial charge in [0.05, 0.1) is 10.7 Å². The van der Waals surface area contributed by atoms with E-state index in [4.69, 9.17) is 21.1 Å². The molecule has 3 rings (SSSR count). The maximum atomic E-state index is 14.4. The van der Waals surface area contributed by atoms with Crippen molar-refractivity contribution in [2.24, 2.45) is 0 Å². The lowest BCUT2D eigenvalue weighted by molar-refractivity contribution is -0.142. The molecule has 0 spiro atoms. The normalized spacial score (nSPS) is 12.3. The molecule has 1 unspecified atom stereocenters. The number of alkyl halides is 3. The Hall–Kier alpha value is -3.60. The first-order chi connectivity index (χ1) is 15.0. The summed E-state index contributed by atoms with van der Waals surface area (Å²) in [5, 5.41) is -0.318. The summed E-state index contributed by atoms with van der Waals surface area (Å²) in [6.45, 7) is 1.31. The molecule has 0 bridgehead atoms. The van der Waals surface area contributed by atoms with E-state index in [0.29, 0.717) is 6.07 Å². The van der Waals surface area contributed by atoms with E-state index in [1.54, 1.807) is 18.2 Å². The molecule has 0 aliphatic carbocycles. The minimum atomic E-state index is -4.99. The highest BCUT2D eigenvalue weighted by Gasteiger charge is 2.33. The quantitative estimate of drug-likeness (QED) is 0.347. The number of hydrogen-bond acceptors (Lipinski definition) is 5. The number of ether oxygens (including phenoxy) is 2. The van der Waals surface area contributed by atoms with Crippen LogP contribution in [0.2, 0.25) is 5.02 Å². The highest BCUT2D eigenvalue weighted by atomic mass is 35.5. The van der Waals surface area contributed by atoms with Crippen LogP contribution in [0, 0.1) is 5.82 Å². The van der Waals surface area contributed by atoms with Crippen molar-refractivity contribution < 1.29 is 31.8 Å². The summed E-state index contributed by atoms with van der Waals surface area (Å²) in [5.74, 6) is -2.09. The van der Waals surface area contributed by atoms with Gasteiger partial charge in [-0.05, 0) is 25.1 Å². The van der Waals surface area contributed by atoms with Gasteiger partial charge in [0.1, 0.15) is 23.0 Å². The van der Waals surface area contributed by atoms with Crippen molar-refractivity contribution in [1.29, 1.82) is 0 Å². The summed E-state index contributed by atoms with van der Waals surface area (Å²) in [5.41, 5.74) is -5.29. The number of para-hydroxylation sites is 1. The van der Waals surface area contributed by atoms with Crippen LogP contribution in [0.15, 0.2) is 58.1 Å². The molecule has 32 heavy (non-hydrogen) atoms. The second kappa shape index (κ2) is 8.87. The van der Waals surface area contributed by atoms with Crippen molar-refractivity contribution >= 4 is 17.6 Å². The Morgan fingerprint density at radius 2 is 1.78 bits per heavy atom. The van der Waals surface area contributed by atoms with Gasteiger partial charge in [0.15, 0.2) is 6.10 Å². The standard InChI is InChI=1S/C20H13ClF4N2O5/c1-10(18(29)32-11-5-3-2-4-6-11)31-15-8-14(13(22)7-12(15)21)27-17(28)9-16(20(23,24)25)26-19(27)30/h2-10H,1H3,(H,26,30). The Labute approximate surface area is 181 Å². The Morgan fingerprint density at radius 1 is 1.12 bits per heavy atom. The van der Waals surface area contributed by atoms with Gasteiger partial charge in [0.25, 0.3) is 5.56 Å². The Morgan fingerprint density at radius 3 is 2.38 bits per heavy atom. The van der Waals surface area contributed by atoms with Crippen molar-refractivity contribution in [3.8, 4) is 17.2 Å². The molecular formula is C20H13ClF4N2O5. The van der Waals surface area contributed by atoms with E-state index in [1.165, 1.54) is 24.0 Å². The molecule has 0 radical (unpaired) electrons. The number of nitrogens with zero attached hydrogens (tertiary/aromatic N) is 1. The van der Waals surface area contributed by atoms with E-state index in [9.17, 15) is 31.9 Å². The van der Waals surface area contributed by atoms with E-state index in [1.807, 2.05) is 0 Å². The monoisotopic (exact) mass is 472 g/mol. The van der Waals surface area contributed by atoms with E-state index >= 15 is 0 Å². The molecule has 0 saturated heterocycles. The van der Waals surface area contributed by atoms with Crippen LogP contribution in [-0.2, 0) is 11.0 Å². The zero-order valence-electron chi connectivity index (χ0n) is 16.1. The third-order valence-corrected chi connectivity index (χ3v) is 4.37. The molecule has 2 aromatic carbocycles. The number of rotatable bonds is 5. The van der Waals surface area contributed by atoms with Gasteiger partial charge in [0.2, 0.25) is 0 Å². The Kier molecular flexibility index (Phi) is 6.40. The average Bonchev–Trinajstić information content (AvgIpc) is 2.70. The maximum Gasteiger partial charge on any atom is 0.431 e. The van der Waals surface area contributed by atoms with Gasteiger partial charge in [-0.1, -0.05) is 29.8 Å². The average molecular weight is 473 g/mol. The van der Waals surface area contributed by atoms with Gasteiger partial charge in [-0.2, -0.15) is 13.2 Å². The minimum absolute atomic E-state index is 0.107. The predicted octanol–water partition coefficient (Wildman–Crippen LogP) is 3.71. The second-order valence-corrected chi connectivity index (χ2v) is 6.80. The number of hydrogen-bond donors (Lipinski definition) is 1. The minimum Gasteiger partial charge on any atom is -0.477 e. The number of benzene rings is 2. The zero-order valence-corrected chi connectivity index (χ0v) is 16.8. The lowest BCUT2D eigenvalue weighted by atomic mass is 10.2. The van der Waals surface area contributed by atoms with Crippen molar-refractivity contribution in [3.05, 3.63) is 85.9 Å². The van der Waals surface area contributed by atoms with Crippen molar-refractivity contribution in [3.63, 3.8) is 0 Å². The number of nitrogens with one attached hydrogen (secondary N) is 1. The van der Waals surface area contributed by atoms with Crippen LogP contribution in [0.25, 0.3) is 5.69 Å². The van der Waals surface area contributed by atoms with Crippen LogP contribution in [0.4, 0.5) is 17.6 Å². The smallest absolute Gasteiger partial charge is 0.431 e. The highest BCUT2D eigenvalue weighted by molar-refractivity contribution is 6.32. The Balaban J connectivity index is 1.94. The number of carbonyl (C=O) groups is 1. The molecule has 168 valence electrons. The summed E-state index contributed by atoms with van der Waals surface area (Å²) in [6, 6.07) is 9.64. The van der Waals surface area contributed by atoms with E-state index in [2.05, 4.69) is 0 Å². The number of esters is 1. The van der Waals surface area contributed by atoms with Crippen LogP contribution in [0.3, 0.4) is 0 Å². The van der Waals surface area contributed by atoms with Crippen molar-refractivity contribution in [2.45, 2.75) is 19.2 Å². The fourth-order valence-electron chi connectivity index (χ4n) is 2.58. The number of halogens is 5. The highest BCUT2D eigenvalue weighted by Crippen LogP contribution is 2.30. The van der Waals surface area contributed by atoms with Crippen LogP contribution < -0.4 is 20.7 Å². The molecule has 3 aromatic rings. The molecule has 0 fully saturated rings. The molecule has 0 saturated carbocycles. The lowest BCUT2D eigenvalue weighted by Crippen LogP contribution is -2.36. The number of carbonyl (C=O) groups excluding carboxylic acids is 1.